The first-order valence-corrected chi connectivity index (χ1v) is 11.2. The molecule has 0 aliphatic carbocycles. The third kappa shape index (κ3) is 15.0. The number of unbranched alkanes of at least 4 members (excludes halogenated alkanes) is 9. The minimum atomic E-state index is -1.34. The van der Waals surface area contributed by atoms with Gasteiger partial charge in [-0.3, -0.25) is 0 Å². The van der Waals surface area contributed by atoms with Crippen LogP contribution in [0.15, 0.2) is 0 Å². The molecule has 0 aromatic carbocycles. The number of nitrogens with zero attached hydrogens (tertiary/aromatic N) is 1. The summed E-state index contributed by atoms with van der Waals surface area (Å²) in [7, 11) is 4.45. The van der Waals surface area contributed by atoms with Crippen LogP contribution in [0.2, 0.25) is 6.04 Å². The van der Waals surface area contributed by atoms with E-state index in [1.54, 1.807) is 14.2 Å². The molecule has 0 heterocycles. The summed E-state index contributed by atoms with van der Waals surface area (Å²) in [5.41, 5.74) is 0. The quantitative estimate of drug-likeness (QED) is 0.284. The van der Waals surface area contributed by atoms with E-state index < -0.39 is 9.28 Å². The first-order chi connectivity index (χ1) is 10.7. The van der Waals surface area contributed by atoms with Crippen LogP contribution < -0.4 is 0 Å². The third-order valence-electron chi connectivity index (χ3n) is 4.40. The lowest BCUT2D eigenvalue weighted by molar-refractivity contribution is 0.270. The molecule has 0 amide bonds. The summed E-state index contributed by atoms with van der Waals surface area (Å²) in [5.74, 6) is 0. The summed E-state index contributed by atoms with van der Waals surface area (Å²) in [5, 5.41) is 0. The van der Waals surface area contributed by atoms with Gasteiger partial charge in [0.2, 0.25) is 0 Å². The van der Waals surface area contributed by atoms with E-state index in [9.17, 15) is 0 Å². The fourth-order valence-electron chi connectivity index (χ4n) is 2.84. The Morgan fingerprint density at radius 1 is 0.682 bits per heavy atom. The van der Waals surface area contributed by atoms with Crippen LogP contribution in [-0.4, -0.2) is 48.5 Å². The first kappa shape index (κ1) is 22.1. The van der Waals surface area contributed by atoms with Crippen LogP contribution in [0.25, 0.3) is 0 Å². The van der Waals surface area contributed by atoms with Crippen molar-refractivity contribution in [3.05, 3.63) is 0 Å². The zero-order valence-corrected chi connectivity index (χ0v) is 16.9. The van der Waals surface area contributed by atoms with Crippen LogP contribution in [-0.2, 0) is 8.85 Å². The van der Waals surface area contributed by atoms with Crippen molar-refractivity contribution < 1.29 is 8.85 Å². The monoisotopic (exact) mass is 331 g/mol. The van der Waals surface area contributed by atoms with E-state index in [4.69, 9.17) is 8.85 Å². The molecular weight excluding hydrogens is 290 g/mol. The fraction of sp³-hybridized carbons (Fsp3) is 1.00. The maximum absolute atomic E-state index is 5.35. The molecule has 134 valence electrons. The van der Waals surface area contributed by atoms with Gasteiger partial charge in [0.05, 0.1) is 0 Å². The number of hydrogen-bond acceptors (Lipinski definition) is 3. The molecule has 0 N–H and O–H groups in total. The Labute approximate surface area is 141 Å². The van der Waals surface area contributed by atoms with E-state index in [1.807, 2.05) is 0 Å². The van der Waals surface area contributed by atoms with Crippen molar-refractivity contribution in [2.75, 3.05) is 34.4 Å². The largest absolute Gasteiger partial charge is 0.400 e. The Hall–Kier alpha value is 0.0969. The standard InChI is InChI=1S/C18H41NO2Si/c1-5-6-7-8-9-10-11-12-13-14-16-19(2)17-15-18-22(20-3)21-4/h22H,5-18H2,1-4H3. The number of rotatable bonds is 17. The van der Waals surface area contributed by atoms with Crippen molar-refractivity contribution in [3.63, 3.8) is 0 Å². The minimum Gasteiger partial charge on any atom is -0.400 e. The highest BCUT2D eigenvalue weighted by atomic mass is 28.3. The first-order valence-electron chi connectivity index (χ1n) is 9.48. The highest BCUT2D eigenvalue weighted by Crippen LogP contribution is 2.10. The van der Waals surface area contributed by atoms with Gasteiger partial charge >= 0.3 is 9.28 Å². The molecule has 0 aromatic heterocycles. The summed E-state index contributed by atoms with van der Waals surface area (Å²) in [6, 6.07) is 1.12. The molecule has 0 rings (SSSR count). The molecule has 0 radical (unpaired) electrons. The molecule has 0 aliphatic rings. The molecule has 0 fully saturated rings. The van der Waals surface area contributed by atoms with Crippen molar-refractivity contribution in [1.82, 2.24) is 4.90 Å². The molecule has 0 saturated carbocycles. The van der Waals surface area contributed by atoms with Gasteiger partial charge in [0.1, 0.15) is 0 Å². The summed E-state index contributed by atoms with van der Waals surface area (Å²) in [6.07, 6.45) is 15.4. The molecule has 3 nitrogen and oxygen atoms in total. The second-order valence-corrected chi connectivity index (χ2v) is 8.91. The number of hydrogen-bond donors (Lipinski definition) is 0. The zero-order chi connectivity index (χ0) is 16.5. The molecule has 0 atom stereocenters. The predicted octanol–water partition coefficient (Wildman–Crippen LogP) is 4.74. The average Bonchev–Trinajstić information content (AvgIpc) is 2.53. The van der Waals surface area contributed by atoms with Crippen LogP contribution in [0.5, 0.6) is 0 Å². The topological polar surface area (TPSA) is 21.7 Å². The van der Waals surface area contributed by atoms with Crippen LogP contribution in [0.1, 0.15) is 77.6 Å². The van der Waals surface area contributed by atoms with Gasteiger partial charge in [-0.1, -0.05) is 64.7 Å². The molecule has 0 aromatic rings. The summed E-state index contributed by atoms with van der Waals surface area (Å²) < 4.78 is 10.7. The van der Waals surface area contributed by atoms with Crippen LogP contribution in [0.4, 0.5) is 0 Å². The molecule has 0 bridgehead atoms. The molecular formula is C18H41NO2Si. The smallest absolute Gasteiger partial charge is 0.320 e. The normalized spacial score (nSPS) is 11.7. The van der Waals surface area contributed by atoms with Gasteiger partial charge in [0.15, 0.2) is 0 Å². The Morgan fingerprint density at radius 2 is 1.14 bits per heavy atom. The van der Waals surface area contributed by atoms with E-state index in [-0.39, 0.29) is 0 Å². The Balaban J connectivity index is 3.23. The van der Waals surface area contributed by atoms with E-state index in [2.05, 4.69) is 18.9 Å². The summed E-state index contributed by atoms with van der Waals surface area (Å²) >= 11 is 0. The highest BCUT2D eigenvalue weighted by Gasteiger charge is 2.09. The second-order valence-electron chi connectivity index (χ2n) is 6.53. The molecule has 0 unspecified atom stereocenters. The van der Waals surface area contributed by atoms with Crippen LogP contribution in [0, 0.1) is 0 Å². The molecule has 0 aliphatic heterocycles. The SMILES string of the molecule is CCCCCCCCCCCCN(C)CCC[SiH](OC)OC. The summed E-state index contributed by atoms with van der Waals surface area (Å²) in [6.45, 7) is 4.70. The van der Waals surface area contributed by atoms with Crippen LogP contribution >= 0.6 is 0 Å². The van der Waals surface area contributed by atoms with E-state index in [0.717, 1.165) is 6.04 Å². The molecule has 4 heteroatoms. The van der Waals surface area contributed by atoms with Crippen molar-refractivity contribution in [1.29, 1.82) is 0 Å². The lowest BCUT2D eigenvalue weighted by Gasteiger charge is -2.17. The maximum Gasteiger partial charge on any atom is 0.320 e. The van der Waals surface area contributed by atoms with E-state index in [1.165, 1.54) is 83.7 Å². The average molecular weight is 332 g/mol. The molecule has 22 heavy (non-hydrogen) atoms. The Kier molecular flexibility index (Phi) is 17.5. The lowest BCUT2D eigenvalue weighted by Crippen LogP contribution is -2.24. The van der Waals surface area contributed by atoms with Gasteiger partial charge in [-0.05, 0) is 39.0 Å². The van der Waals surface area contributed by atoms with Gasteiger partial charge in [-0.25, -0.2) is 0 Å². The van der Waals surface area contributed by atoms with Gasteiger partial charge in [-0.15, -0.1) is 0 Å². The van der Waals surface area contributed by atoms with Crippen molar-refractivity contribution in [2.45, 2.75) is 83.6 Å². The highest BCUT2D eigenvalue weighted by molar-refractivity contribution is 6.44. The van der Waals surface area contributed by atoms with E-state index in [0.29, 0.717) is 0 Å². The van der Waals surface area contributed by atoms with E-state index >= 15 is 0 Å². The Bertz CT molecular complexity index is 213. The zero-order valence-electron chi connectivity index (χ0n) is 15.7. The maximum atomic E-state index is 5.35. The minimum absolute atomic E-state index is 1.12. The predicted molar refractivity (Wildman–Crippen MR) is 99.9 cm³/mol. The second kappa shape index (κ2) is 17.5. The lowest BCUT2D eigenvalue weighted by atomic mass is 10.1. The van der Waals surface area contributed by atoms with Crippen LogP contribution in [0.3, 0.4) is 0 Å². The van der Waals surface area contributed by atoms with Crippen molar-refractivity contribution in [3.8, 4) is 0 Å². The summed E-state index contributed by atoms with van der Waals surface area (Å²) in [4.78, 5) is 2.46. The van der Waals surface area contributed by atoms with Gasteiger partial charge < -0.3 is 13.8 Å². The van der Waals surface area contributed by atoms with Gasteiger partial charge in [0, 0.05) is 14.2 Å². The molecule has 0 saturated heterocycles. The van der Waals surface area contributed by atoms with Crippen molar-refractivity contribution in [2.24, 2.45) is 0 Å². The molecule has 0 spiro atoms. The van der Waals surface area contributed by atoms with Gasteiger partial charge in [0.25, 0.3) is 0 Å². The Morgan fingerprint density at radius 3 is 1.64 bits per heavy atom. The van der Waals surface area contributed by atoms with Gasteiger partial charge in [-0.2, -0.15) is 0 Å². The third-order valence-corrected chi connectivity index (χ3v) is 6.33. The fourth-order valence-corrected chi connectivity index (χ4v) is 4.02. The van der Waals surface area contributed by atoms with Crippen molar-refractivity contribution >= 4 is 9.28 Å².